The van der Waals surface area contributed by atoms with Gasteiger partial charge in [0.15, 0.2) is 28.8 Å². The van der Waals surface area contributed by atoms with Crippen molar-refractivity contribution in [2.75, 3.05) is 13.6 Å². The van der Waals surface area contributed by atoms with Crippen LogP contribution in [0.25, 0.3) is 0 Å². The molecule has 0 aromatic heterocycles. The third-order valence-corrected chi connectivity index (χ3v) is 6.42. The maximum absolute atomic E-state index is 13.1. The standard InChI is InChI=1S/C20H19ClO5/c1-11-14(12-2-3-15-16(4-12)24-9-23-15)5-13(21)7-20(11)8-18-17(6-19(20)22)25-10-26-18/h2-4,6,8,11,13-14H,5,7,9-10H2,1H3/t11-,13+,14+,20-/m1/s1. The number of hydrogen-bond donors (Lipinski definition) is 0. The number of fused-ring (bicyclic) bond motifs is 2. The fourth-order valence-corrected chi connectivity index (χ4v) is 5.09. The molecule has 4 atom stereocenters. The second-order valence-corrected chi connectivity index (χ2v) is 7.99. The Bertz CT molecular complexity index is 845. The van der Waals surface area contributed by atoms with E-state index in [9.17, 15) is 4.79 Å². The van der Waals surface area contributed by atoms with E-state index in [1.165, 1.54) is 0 Å². The molecule has 2 aliphatic heterocycles. The van der Waals surface area contributed by atoms with Gasteiger partial charge in [-0.05, 0) is 48.4 Å². The van der Waals surface area contributed by atoms with Crippen LogP contribution in [0.5, 0.6) is 11.5 Å². The molecule has 136 valence electrons. The van der Waals surface area contributed by atoms with Crippen LogP contribution < -0.4 is 9.47 Å². The van der Waals surface area contributed by atoms with Crippen LogP contribution in [-0.4, -0.2) is 24.7 Å². The smallest absolute Gasteiger partial charge is 0.231 e. The summed E-state index contributed by atoms with van der Waals surface area (Å²) in [4.78, 5) is 13.1. The molecule has 2 fully saturated rings. The van der Waals surface area contributed by atoms with E-state index >= 15 is 0 Å². The van der Waals surface area contributed by atoms with Crippen LogP contribution in [0.2, 0.25) is 0 Å². The van der Waals surface area contributed by atoms with Gasteiger partial charge in [-0.1, -0.05) is 13.0 Å². The van der Waals surface area contributed by atoms with Gasteiger partial charge in [0, 0.05) is 11.5 Å². The summed E-state index contributed by atoms with van der Waals surface area (Å²) in [5.74, 6) is 2.96. The highest BCUT2D eigenvalue weighted by Gasteiger charge is 2.52. The molecule has 26 heavy (non-hydrogen) atoms. The molecule has 2 aliphatic carbocycles. The molecule has 1 aromatic rings. The monoisotopic (exact) mass is 374 g/mol. The third-order valence-electron chi connectivity index (χ3n) is 6.09. The van der Waals surface area contributed by atoms with Gasteiger partial charge in [0.25, 0.3) is 0 Å². The van der Waals surface area contributed by atoms with Crippen molar-refractivity contribution in [1.29, 1.82) is 0 Å². The van der Waals surface area contributed by atoms with Crippen LogP contribution in [0.1, 0.15) is 31.2 Å². The first-order valence-corrected chi connectivity index (χ1v) is 9.29. The average Bonchev–Trinajstić information content (AvgIpc) is 3.26. The van der Waals surface area contributed by atoms with E-state index in [0.717, 1.165) is 23.5 Å². The van der Waals surface area contributed by atoms with Crippen molar-refractivity contribution in [3.05, 3.63) is 47.4 Å². The predicted octanol–water partition coefficient (Wildman–Crippen LogP) is 3.88. The first kappa shape index (κ1) is 16.1. The molecule has 0 bridgehead atoms. The summed E-state index contributed by atoms with van der Waals surface area (Å²) in [6, 6.07) is 6.00. The summed E-state index contributed by atoms with van der Waals surface area (Å²) in [5, 5.41) is -0.0975. The van der Waals surface area contributed by atoms with Crippen LogP contribution >= 0.6 is 11.6 Å². The zero-order valence-corrected chi connectivity index (χ0v) is 15.1. The molecule has 0 N–H and O–H groups in total. The minimum Gasteiger partial charge on any atom is -0.454 e. The minimum atomic E-state index is -0.668. The van der Waals surface area contributed by atoms with Crippen molar-refractivity contribution in [2.24, 2.45) is 11.3 Å². The number of hydrogen-bond acceptors (Lipinski definition) is 5. The Kier molecular flexibility index (Phi) is 3.51. The first-order chi connectivity index (χ1) is 12.6. The molecule has 0 amide bonds. The van der Waals surface area contributed by atoms with E-state index in [0.29, 0.717) is 17.9 Å². The zero-order chi connectivity index (χ0) is 17.9. The predicted molar refractivity (Wildman–Crippen MR) is 94.0 cm³/mol. The second kappa shape index (κ2) is 5.68. The number of carbonyl (C=O) groups is 1. The topological polar surface area (TPSA) is 54.0 Å². The highest BCUT2D eigenvalue weighted by molar-refractivity contribution is 6.21. The Morgan fingerprint density at radius 3 is 2.73 bits per heavy atom. The Morgan fingerprint density at radius 2 is 1.85 bits per heavy atom. The van der Waals surface area contributed by atoms with E-state index in [2.05, 4.69) is 6.92 Å². The molecule has 0 unspecified atom stereocenters. The number of carbonyl (C=O) groups excluding carboxylic acids is 1. The molecule has 0 radical (unpaired) electrons. The van der Waals surface area contributed by atoms with Crippen molar-refractivity contribution in [1.82, 2.24) is 0 Å². The number of rotatable bonds is 1. The zero-order valence-electron chi connectivity index (χ0n) is 14.4. The van der Waals surface area contributed by atoms with Gasteiger partial charge < -0.3 is 18.9 Å². The molecule has 1 saturated carbocycles. The molecule has 2 heterocycles. The number of ether oxygens (including phenoxy) is 4. The summed E-state index contributed by atoms with van der Waals surface area (Å²) >= 11 is 6.64. The van der Waals surface area contributed by atoms with E-state index in [-0.39, 0.29) is 36.6 Å². The highest BCUT2D eigenvalue weighted by Crippen LogP contribution is 2.55. The summed E-state index contributed by atoms with van der Waals surface area (Å²) in [7, 11) is 0. The van der Waals surface area contributed by atoms with E-state index < -0.39 is 5.41 Å². The quantitative estimate of drug-likeness (QED) is 0.698. The lowest BCUT2D eigenvalue weighted by atomic mass is 9.57. The van der Waals surface area contributed by atoms with Gasteiger partial charge in [-0.3, -0.25) is 4.79 Å². The summed E-state index contributed by atoms with van der Waals surface area (Å²) < 4.78 is 21.9. The lowest BCUT2D eigenvalue weighted by Crippen LogP contribution is -2.45. The van der Waals surface area contributed by atoms with Crippen molar-refractivity contribution < 1.29 is 23.7 Å². The summed E-state index contributed by atoms with van der Waals surface area (Å²) in [6.45, 7) is 2.53. The SMILES string of the molecule is C[C@@H]1[C@@H](c2ccc3c(c2)OCO3)C[C@H](Cl)C[C@@]12C=C1OCOC1=CC2=O. The first-order valence-electron chi connectivity index (χ1n) is 8.85. The number of halogens is 1. The third kappa shape index (κ3) is 2.26. The van der Waals surface area contributed by atoms with Gasteiger partial charge in [-0.2, -0.15) is 0 Å². The van der Waals surface area contributed by atoms with Crippen LogP contribution in [0.3, 0.4) is 0 Å². The lowest BCUT2D eigenvalue weighted by Gasteiger charge is -2.46. The lowest BCUT2D eigenvalue weighted by molar-refractivity contribution is -0.126. The molecule has 5 nitrogen and oxygen atoms in total. The molecular weight excluding hydrogens is 356 g/mol. The maximum Gasteiger partial charge on any atom is 0.231 e. The largest absolute Gasteiger partial charge is 0.454 e. The molecule has 1 aromatic carbocycles. The van der Waals surface area contributed by atoms with Crippen LogP contribution in [0.15, 0.2) is 41.9 Å². The normalized spacial score (nSPS) is 34.7. The van der Waals surface area contributed by atoms with Crippen LogP contribution in [0, 0.1) is 11.3 Å². The van der Waals surface area contributed by atoms with Crippen molar-refractivity contribution in [2.45, 2.75) is 31.1 Å². The number of benzene rings is 1. The summed E-state index contributed by atoms with van der Waals surface area (Å²) in [6.07, 6.45) is 4.93. The van der Waals surface area contributed by atoms with E-state index in [1.54, 1.807) is 6.08 Å². The van der Waals surface area contributed by atoms with Gasteiger partial charge >= 0.3 is 0 Å². The Labute approximate surface area is 156 Å². The molecule has 5 rings (SSSR count). The number of ketones is 1. The van der Waals surface area contributed by atoms with E-state index in [4.69, 9.17) is 30.5 Å². The molecule has 4 aliphatic rings. The Morgan fingerprint density at radius 1 is 1.08 bits per heavy atom. The van der Waals surface area contributed by atoms with Crippen LogP contribution in [0.4, 0.5) is 0 Å². The van der Waals surface area contributed by atoms with Gasteiger partial charge in [-0.25, -0.2) is 0 Å². The van der Waals surface area contributed by atoms with Gasteiger partial charge in [0.05, 0.1) is 5.41 Å². The van der Waals surface area contributed by atoms with Crippen molar-refractivity contribution in [3.8, 4) is 11.5 Å². The second-order valence-electron chi connectivity index (χ2n) is 7.37. The Hall–Kier alpha value is -2.14. The Balaban J connectivity index is 1.55. The number of alkyl halides is 1. The van der Waals surface area contributed by atoms with Crippen molar-refractivity contribution in [3.63, 3.8) is 0 Å². The fraction of sp³-hybridized carbons (Fsp3) is 0.450. The average molecular weight is 375 g/mol. The fourth-order valence-electron chi connectivity index (χ4n) is 4.64. The van der Waals surface area contributed by atoms with E-state index in [1.807, 2.05) is 24.3 Å². The summed E-state index contributed by atoms with van der Waals surface area (Å²) in [5.41, 5.74) is 0.453. The molecule has 6 heteroatoms. The minimum absolute atomic E-state index is 0.0466. The van der Waals surface area contributed by atoms with Crippen molar-refractivity contribution >= 4 is 17.4 Å². The van der Waals surface area contributed by atoms with Gasteiger partial charge in [-0.15, -0.1) is 11.6 Å². The maximum atomic E-state index is 13.1. The molecular formula is C20H19ClO5. The molecule has 1 saturated heterocycles. The molecule has 1 spiro atoms. The van der Waals surface area contributed by atoms with Crippen LogP contribution in [-0.2, 0) is 14.3 Å². The van der Waals surface area contributed by atoms with Gasteiger partial charge in [0.2, 0.25) is 13.6 Å². The van der Waals surface area contributed by atoms with Gasteiger partial charge in [0.1, 0.15) is 0 Å². The number of allylic oxidation sites excluding steroid dienone is 2. The highest BCUT2D eigenvalue weighted by atomic mass is 35.5.